The molecule has 0 saturated heterocycles. The zero-order valence-corrected chi connectivity index (χ0v) is 11.6. The van der Waals surface area contributed by atoms with Gasteiger partial charge in [-0.05, 0) is 31.6 Å². The van der Waals surface area contributed by atoms with Gasteiger partial charge in [-0.3, -0.25) is 0 Å². The van der Waals surface area contributed by atoms with Crippen LogP contribution in [0.4, 0.5) is 10.7 Å². The molecule has 2 rings (SSSR count). The Labute approximate surface area is 112 Å². The summed E-state index contributed by atoms with van der Waals surface area (Å²) in [6.45, 7) is 2.30. The zero-order chi connectivity index (χ0) is 13.1. The molecule has 1 heterocycles. The van der Waals surface area contributed by atoms with Gasteiger partial charge in [0.15, 0.2) is 5.75 Å². The summed E-state index contributed by atoms with van der Waals surface area (Å²) in [6.07, 6.45) is 4.85. The van der Waals surface area contributed by atoms with E-state index in [2.05, 4.69) is 18.3 Å². The van der Waals surface area contributed by atoms with Crippen LogP contribution in [0.1, 0.15) is 37.5 Å². The molecule has 1 aromatic heterocycles. The van der Waals surface area contributed by atoms with Crippen LogP contribution in [0.25, 0.3) is 0 Å². The van der Waals surface area contributed by atoms with Crippen molar-refractivity contribution in [2.75, 3.05) is 18.2 Å². The molecule has 5 heteroatoms. The molecule has 0 spiro atoms. The number of nitriles is 1. The largest absolute Gasteiger partial charge is 0.492 e. The Morgan fingerprint density at radius 2 is 2.06 bits per heavy atom. The van der Waals surface area contributed by atoms with Crippen LogP contribution in [0.2, 0.25) is 0 Å². The minimum Gasteiger partial charge on any atom is -0.492 e. The van der Waals surface area contributed by atoms with Crippen molar-refractivity contribution in [2.45, 2.75) is 38.6 Å². The van der Waals surface area contributed by atoms with Gasteiger partial charge in [0.1, 0.15) is 21.6 Å². The van der Waals surface area contributed by atoms with Gasteiger partial charge in [0, 0.05) is 6.04 Å². The summed E-state index contributed by atoms with van der Waals surface area (Å²) in [4.78, 5) is 0.526. The quantitative estimate of drug-likeness (QED) is 0.880. The summed E-state index contributed by atoms with van der Waals surface area (Å²) < 4.78 is 5.29. The fourth-order valence-corrected chi connectivity index (χ4v) is 3.36. The standard InChI is InChI=1S/C13H19N3OS/c1-8-3-5-9(6-4-8)16-13-12(17-2)11(15)10(7-14)18-13/h8-9,16H,3-6,15H2,1-2H3. The van der Waals surface area contributed by atoms with Crippen LogP contribution in [0.5, 0.6) is 5.75 Å². The second-order valence-electron chi connectivity index (χ2n) is 4.92. The van der Waals surface area contributed by atoms with Gasteiger partial charge in [-0.25, -0.2) is 0 Å². The maximum Gasteiger partial charge on any atom is 0.177 e. The van der Waals surface area contributed by atoms with E-state index in [9.17, 15) is 0 Å². The van der Waals surface area contributed by atoms with Crippen molar-refractivity contribution in [2.24, 2.45) is 5.92 Å². The predicted molar refractivity (Wildman–Crippen MR) is 75.0 cm³/mol. The number of ether oxygens (including phenoxy) is 1. The van der Waals surface area contributed by atoms with E-state index in [1.54, 1.807) is 7.11 Å². The molecule has 1 aliphatic rings. The molecule has 0 atom stereocenters. The molecular formula is C13H19N3OS. The molecule has 0 bridgehead atoms. The topological polar surface area (TPSA) is 71.1 Å². The Morgan fingerprint density at radius 1 is 1.39 bits per heavy atom. The number of nitrogen functional groups attached to an aromatic ring is 1. The average Bonchev–Trinajstić information content (AvgIpc) is 2.68. The molecule has 3 N–H and O–H groups in total. The molecule has 4 nitrogen and oxygen atoms in total. The number of nitrogens with two attached hydrogens (primary N) is 1. The molecule has 1 aliphatic carbocycles. The fourth-order valence-electron chi connectivity index (χ4n) is 2.40. The van der Waals surface area contributed by atoms with E-state index in [-0.39, 0.29) is 0 Å². The third-order valence-electron chi connectivity index (χ3n) is 3.56. The third kappa shape index (κ3) is 2.54. The number of thiophene rings is 1. The Morgan fingerprint density at radius 3 is 2.61 bits per heavy atom. The van der Waals surface area contributed by atoms with E-state index in [4.69, 9.17) is 15.7 Å². The highest BCUT2D eigenvalue weighted by molar-refractivity contribution is 7.17. The second-order valence-corrected chi connectivity index (χ2v) is 5.94. The van der Waals surface area contributed by atoms with Gasteiger partial charge in [-0.15, -0.1) is 11.3 Å². The normalized spacial score (nSPS) is 23.4. The highest BCUT2D eigenvalue weighted by Crippen LogP contribution is 2.43. The molecule has 0 aromatic carbocycles. The lowest BCUT2D eigenvalue weighted by atomic mass is 9.87. The Bertz CT molecular complexity index is 456. The highest BCUT2D eigenvalue weighted by atomic mass is 32.1. The van der Waals surface area contributed by atoms with E-state index < -0.39 is 0 Å². The van der Waals surface area contributed by atoms with Crippen molar-refractivity contribution in [1.82, 2.24) is 0 Å². The lowest BCUT2D eigenvalue weighted by molar-refractivity contribution is 0.360. The summed E-state index contributed by atoms with van der Waals surface area (Å²) in [5.41, 5.74) is 6.33. The van der Waals surface area contributed by atoms with Crippen LogP contribution in [-0.4, -0.2) is 13.2 Å². The predicted octanol–water partition coefficient (Wildman–Crippen LogP) is 3.20. The minimum absolute atomic E-state index is 0.455. The Balaban J connectivity index is 2.12. The van der Waals surface area contributed by atoms with Crippen molar-refractivity contribution in [1.29, 1.82) is 5.26 Å². The second kappa shape index (κ2) is 5.49. The van der Waals surface area contributed by atoms with E-state index >= 15 is 0 Å². The Hall–Kier alpha value is -1.41. The molecule has 1 saturated carbocycles. The van der Waals surface area contributed by atoms with Crippen LogP contribution < -0.4 is 15.8 Å². The van der Waals surface area contributed by atoms with Gasteiger partial charge in [-0.1, -0.05) is 6.92 Å². The summed E-state index contributed by atoms with van der Waals surface area (Å²) in [5.74, 6) is 1.45. The maximum atomic E-state index is 8.99. The lowest BCUT2D eigenvalue weighted by Gasteiger charge is -2.27. The molecule has 0 radical (unpaired) electrons. The van der Waals surface area contributed by atoms with Crippen LogP contribution >= 0.6 is 11.3 Å². The fraction of sp³-hybridized carbons (Fsp3) is 0.615. The van der Waals surface area contributed by atoms with Gasteiger partial charge in [0.05, 0.1) is 7.11 Å². The lowest BCUT2D eigenvalue weighted by Crippen LogP contribution is -2.24. The van der Waals surface area contributed by atoms with Gasteiger partial charge in [0.25, 0.3) is 0 Å². The summed E-state index contributed by atoms with van der Waals surface area (Å²) in [5, 5.41) is 13.4. The monoisotopic (exact) mass is 265 g/mol. The third-order valence-corrected chi connectivity index (χ3v) is 4.58. The van der Waals surface area contributed by atoms with E-state index in [1.165, 1.54) is 37.0 Å². The van der Waals surface area contributed by atoms with Gasteiger partial charge in [0.2, 0.25) is 0 Å². The Kier molecular flexibility index (Phi) is 3.97. The average molecular weight is 265 g/mol. The van der Waals surface area contributed by atoms with Gasteiger partial charge in [-0.2, -0.15) is 5.26 Å². The van der Waals surface area contributed by atoms with Crippen LogP contribution in [0.3, 0.4) is 0 Å². The molecule has 1 fully saturated rings. The smallest absolute Gasteiger partial charge is 0.177 e. The highest BCUT2D eigenvalue weighted by Gasteiger charge is 2.22. The molecule has 0 unspecified atom stereocenters. The number of nitrogens with one attached hydrogen (secondary N) is 1. The van der Waals surface area contributed by atoms with Crippen LogP contribution in [0, 0.1) is 17.2 Å². The number of methoxy groups -OCH3 is 1. The van der Waals surface area contributed by atoms with Crippen molar-refractivity contribution < 1.29 is 4.74 Å². The summed E-state index contributed by atoms with van der Waals surface area (Å²) in [7, 11) is 1.59. The molecule has 1 aromatic rings. The number of hydrogen-bond donors (Lipinski definition) is 2. The summed E-state index contributed by atoms with van der Waals surface area (Å²) >= 11 is 1.38. The first-order valence-electron chi connectivity index (χ1n) is 6.28. The van der Waals surface area contributed by atoms with E-state index in [0.29, 0.717) is 22.4 Å². The molecule has 0 amide bonds. The molecule has 0 aliphatic heterocycles. The number of anilines is 2. The number of nitrogens with zero attached hydrogens (tertiary/aromatic N) is 1. The van der Waals surface area contributed by atoms with Crippen molar-refractivity contribution >= 4 is 22.0 Å². The van der Waals surface area contributed by atoms with E-state index in [1.807, 2.05) is 0 Å². The van der Waals surface area contributed by atoms with Gasteiger partial charge >= 0.3 is 0 Å². The van der Waals surface area contributed by atoms with Crippen LogP contribution in [-0.2, 0) is 0 Å². The molecular weight excluding hydrogens is 246 g/mol. The first-order chi connectivity index (χ1) is 8.65. The van der Waals surface area contributed by atoms with Crippen molar-refractivity contribution in [3.05, 3.63) is 4.88 Å². The maximum absolute atomic E-state index is 8.99. The first kappa shape index (κ1) is 13.0. The van der Waals surface area contributed by atoms with Crippen molar-refractivity contribution in [3.63, 3.8) is 0 Å². The van der Waals surface area contributed by atoms with Crippen molar-refractivity contribution in [3.8, 4) is 11.8 Å². The SMILES string of the molecule is COc1c(NC2CCC(C)CC2)sc(C#N)c1N. The van der Waals surface area contributed by atoms with Gasteiger partial charge < -0.3 is 15.8 Å². The first-order valence-corrected chi connectivity index (χ1v) is 7.10. The van der Waals surface area contributed by atoms with Crippen LogP contribution in [0.15, 0.2) is 0 Å². The van der Waals surface area contributed by atoms with E-state index in [0.717, 1.165) is 10.9 Å². The molecule has 18 heavy (non-hydrogen) atoms. The minimum atomic E-state index is 0.455. The summed E-state index contributed by atoms with van der Waals surface area (Å²) in [6, 6.07) is 2.58. The number of rotatable bonds is 3. The zero-order valence-electron chi connectivity index (χ0n) is 10.8. The molecule has 98 valence electrons. The number of hydrogen-bond acceptors (Lipinski definition) is 5.